The summed E-state index contributed by atoms with van der Waals surface area (Å²) in [6, 6.07) is 0. The van der Waals surface area contributed by atoms with E-state index in [4.69, 9.17) is 99.4 Å². The summed E-state index contributed by atoms with van der Waals surface area (Å²) in [5.41, 5.74) is 0. The van der Waals surface area contributed by atoms with Crippen molar-refractivity contribution < 1.29 is 0 Å². The summed E-state index contributed by atoms with van der Waals surface area (Å²) in [6.07, 6.45) is 0. The summed E-state index contributed by atoms with van der Waals surface area (Å²) in [5.74, 6) is 0. The molecule has 33 heavy (non-hydrogen) atoms. The largest absolute Gasteiger partial charge is 0.411 e. The Bertz CT molecular complexity index is 408. The third kappa shape index (κ3) is 29.5. The summed E-state index contributed by atoms with van der Waals surface area (Å²) in [7, 11) is 0. The van der Waals surface area contributed by atoms with Gasteiger partial charge in [0.2, 0.25) is 0 Å². The van der Waals surface area contributed by atoms with E-state index in [1.807, 2.05) is 75.0 Å². The van der Waals surface area contributed by atoms with E-state index in [-0.39, 0.29) is 27.3 Å². The second-order valence-electron chi connectivity index (χ2n) is 5.75. The first-order valence-electron chi connectivity index (χ1n) is 10.7. The maximum absolute atomic E-state index is 4.76. The fourth-order valence-electron chi connectivity index (χ4n) is 1.93. The van der Waals surface area contributed by atoms with Gasteiger partial charge >= 0.3 is 0 Å². The molecule has 4 nitrogen and oxygen atoms in total. The number of rotatable bonds is 8. The maximum atomic E-state index is 4.76. The van der Waals surface area contributed by atoms with Crippen LogP contribution in [-0.4, -0.2) is 117 Å². The fourth-order valence-corrected chi connectivity index (χ4v) is 3.99. The van der Waals surface area contributed by atoms with Crippen LogP contribution in [0.2, 0.25) is 0 Å². The van der Waals surface area contributed by atoms with Crippen LogP contribution in [-0.2, 0) is 50.5 Å². The molecule has 0 fully saturated rings. The minimum absolute atomic E-state index is 0. The normalized spacial score (nSPS) is 8.48. The topological polar surface area (TPSA) is 13.0 Å². The molecule has 0 aliphatic carbocycles. The molecule has 0 saturated carbocycles. The Balaban J connectivity index is -0.000000105. The molecule has 0 aliphatic heterocycles. The van der Waals surface area contributed by atoms with Crippen molar-refractivity contribution in [1.29, 1.82) is 0 Å². The standard InChI is InChI=1S/4C5H11NS2.Pb/c4*1-3-6(4-2)5(7)8;/h4*3-4H2,1-2H3,(H,7,8);/p-4. The Hall–Kier alpha value is 1.36. The van der Waals surface area contributed by atoms with E-state index in [0.29, 0.717) is 17.3 Å². The van der Waals surface area contributed by atoms with Crippen molar-refractivity contribution >= 4 is 144 Å². The molecule has 0 aromatic rings. The van der Waals surface area contributed by atoms with E-state index in [1.165, 1.54) is 0 Å². The van der Waals surface area contributed by atoms with Crippen molar-refractivity contribution in [2.45, 2.75) is 55.4 Å². The summed E-state index contributed by atoms with van der Waals surface area (Å²) in [4.78, 5) is 7.85. The molecule has 0 heterocycles. The average Bonchev–Trinajstić information content (AvgIpc) is 2.72. The molecule has 4 radical (unpaired) electrons. The van der Waals surface area contributed by atoms with Crippen molar-refractivity contribution in [2.75, 3.05) is 52.4 Å². The molecule has 0 rings (SSSR count). The second kappa shape index (κ2) is 31.4. The Kier molecular flexibility index (Phi) is 42.2. The predicted octanol–water partition coefficient (Wildman–Crippen LogP) is 4.26. The van der Waals surface area contributed by atoms with Crippen molar-refractivity contribution in [2.24, 2.45) is 0 Å². The molecule has 0 aromatic heterocycles. The molecule has 196 valence electrons. The van der Waals surface area contributed by atoms with E-state index < -0.39 is 0 Å². The zero-order valence-corrected chi connectivity index (χ0v) is 31.6. The Morgan fingerprint density at radius 1 is 0.394 bits per heavy atom. The van der Waals surface area contributed by atoms with Gasteiger partial charge < -0.3 is 119 Å². The Morgan fingerprint density at radius 2 is 0.485 bits per heavy atom. The van der Waals surface area contributed by atoms with Crippen LogP contribution < -0.4 is 0 Å². The summed E-state index contributed by atoms with van der Waals surface area (Å²) in [6.45, 7) is 23.8. The zero-order chi connectivity index (χ0) is 26.3. The first-order valence-corrected chi connectivity index (χ1v) is 14.0. The summed E-state index contributed by atoms with van der Waals surface area (Å²) < 4.78 is 2.31. The monoisotopic (exact) mass is 800 g/mol. The van der Waals surface area contributed by atoms with Crippen LogP contribution in [0.4, 0.5) is 0 Å². The second-order valence-corrected chi connectivity index (χ2v) is 9.88. The van der Waals surface area contributed by atoms with E-state index in [2.05, 4.69) is 0 Å². The third-order valence-electron chi connectivity index (χ3n) is 4.09. The molecule has 0 unspecified atom stereocenters. The number of hydrogen-bond acceptors (Lipinski definition) is 8. The minimum Gasteiger partial charge on any atom is -0.411 e. The van der Waals surface area contributed by atoms with Crippen molar-refractivity contribution in [3.05, 3.63) is 0 Å². The molecular formula is C20H40N4PbS8-4. The molecule has 13 heteroatoms. The van der Waals surface area contributed by atoms with Gasteiger partial charge in [-0.2, -0.15) is 0 Å². The predicted molar refractivity (Wildman–Crippen MR) is 177 cm³/mol. The van der Waals surface area contributed by atoms with Crippen molar-refractivity contribution in [3.8, 4) is 0 Å². The van der Waals surface area contributed by atoms with Crippen LogP contribution in [0.3, 0.4) is 0 Å². The van der Waals surface area contributed by atoms with Crippen LogP contribution in [0.25, 0.3) is 0 Å². The SMILES string of the molecule is CCN(CC)C(=S)[S-].CCN(CC)C(=S)[S-].CCN(CC)C(=S)[S-].CCN(CC)C(=S)[S-].[Pb]. The van der Waals surface area contributed by atoms with Gasteiger partial charge in [0.25, 0.3) is 0 Å². The first kappa shape index (κ1) is 44.4. The van der Waals surface area contributed by atoms with E-state index in [1.54, 1.807) is 0 Å². The maximum Gasteiger partial charge on any atom is 0.0133 e. The van der Waals surface area contributed by atoms with Crippen LogP contribution >= 0.6 is 48.9 Å². The van der Waals surface area contributed by atoms with Gasteiger partial charge in [0.15, 0.2) is 0 Å². The molecule has 0 atom stereocenters. The number of hydrogen-bond donors (Lipinski definition) is 0. The molecule has 0 aromatic carbocycles. The van der Waals surface area contributed by atoms with Gasteiger partial charge in [-0.1, -0.05) is 17.3 Å². The van der Waals surface area contributed by atoms with Gasteiger partial charge in [0.05, 0.1) is 0 Å². The molecule has 0 amide bonds. The number of nitrogens with zero attached hydrogens (tertiary/aromatic N) is 4. The minimum atomic E-state index is 0. The Labute approximate surface area is 268 Å². The van der Waals surface area contributed by atoms with Gasteiger partial charge in [0, 0.05) is 79.7 Å². The fraction of sp³-hybridized carbons (Fsp3) is 0.800. The van der Waals surface area contributed by atoms with E-state index in [9.17, 15) is 0 Å². The molecule has 0 spiro atoms. The van der Waals surface area contributed by atoms with Crippen LogP contribution in [0.5, 0.6) is 0 Å². The van der Waals surface area contributed by atoms with E-state index in [0.717, 1.165) is 52.4 Å². The summed E-state index contributed by atoms with van der Waals surface area (Å²) >= 11 is 38.0. The van der Waals surface area contributed by atoms with E-state index >= 15 is 0 Å². The third-order valence-corrected chi connectivity index (χ3v) is 6.15. The van der Waals surface area contributed by atoms with Gasteiger partial charge in [-0.25, -0.2) is 0 Å². The van der Waals surface area contributed by atoms with Crippen LogP contribution in [0.1, 0.15) is 55.4 Å². The molecule has 0 aliphatic rings. The Morgan fingerprint density at radius 3 is 0.485 bits per heavy atom. The summed E-state index contributed by atoms with van der Waals surface area (Å²) in [5, 5.41) is 0. The van der Waals surface area contributed by atoms with Crippen LogP contribution in [0, 0.1) is 0 Å². The zero-order valence-electron chi connectivity index (χ0n) is 21.2. The van der Waals surface area contributed by atoms with Gasteiger partial charge in [-0.05, 0) is 55.4 Å². The molecule has 0 saturated heterocycles. The smallest absolute Gasteiger partial charge is 0.0133 e. The van der Waals surface area contributed by atoms with Gasteiger partial charge in [-0.15, -0.1) is 0 Å². The first-order chi connectivity index (χ1) is 14.9. The van der Waals surface area contributed by atoms with Crippen molar-refractivity contribution in [3.63, 3.8) is 0 Å². The van der Waals surface area contributed by atoms with Crippen LogP contribution in [0.15, 0.2) is 0 Å². The molecule has 0 bridgehead atoms. The molecule has 0 N–H and O–H groups in total. The van der Waals surface area contributed by atoms with Gasteiger partial charge in [-0.3, -0.25) is 0 Å². The quantitative estimate of drug-likeness (QED) is 0.198. The van der Waals surface area contributed by atoms with Crippen molar-refractivity contribution in [1.82, 2.24) is 19.6 Å². The van der Waals surface area contributed by atoms with Gasteiger partial charge in [0.1, 0.15) is 0 Å². The average molecular weight is 800 g/mol. The molecular weight excluding hydrogens is 760 g/mol. The number of thiocarbonyl (C=S) groups is 4.